The lowest BCUT2D eigenvalue weighted by Gasteiger charge is -2.18. The highest BCUT2D eigenvalue weighted by Gasteiger charge is 2.14. The van der Waals surface area contributed by atoms with Crippen molar-refractivity contribution in [2.45, 2.75) is 45.6 Å². The minimum Gasteiger partial charge on any atom is -0.497 e. The van der Waals surface area contributed by atoms with Gasteiger partial charge in [0.15, 0.2) is 0 Å². The molecule has 2 N–H and O–H groups in total. The van der Waals surface area contributed by atoms with Gasteiger partial charge in [0, 0.05) is 25.6 Å². The lowest BCUT2D eigenvalue weighted by atomic mass is 10.0. The Morgan fingerprint density at radius 2 is 1.84 bits per heavy atom. The first-order valence-electron chi connectivity index (χ1n) is 12.5. The van der Waals surface area contributed by atoms with Crippen LogP contribution in [0.25, 0.3) is 11.3 Å². The van der Waals surface area contributed by atoms with Crippen LogP contribution in [-0.4, -0.2) is 42.8 Å². The first kappa shape index (κ1) is 27.5. The second-order valence-corrected chi connectivity index (χ2v) is 8.73. The van der Waals surface area contributed by atoms with Gasteiger partial charge in [0.05, 0.1) is 12.8 Å². The number of carboxylic acids is 1. The van der Waals surface area contributed by atoms with Gasteiger partial charge in [-0.15, -0.1) is 0 Å². The number of anilines is 1. The van der Waals surface area contributed by atoms with Gasteiger partial charge in [-0.05, 0) is 54.3 Å². The lowest BCUT2D eigenvalue weighted by molar-refractivity contribution is -0.136. The monoisotopic (exact) mass is 505 g/mol. The van der Waals surface area contributed by atoms with Crippen molar-refractivity contribution < 1.29 is 24.2 Å². The summed E-state index contributed by atoms with van der Waals surface area (Å²) in [4.78, 5) is 29.9. The molecule has 0 fully saturated rings. The summed E-state index contributed by atoms with van der Waals surface area (Å²) in [5.41, 5.74) is 3.26. The molecule has 0 saturated heterocycles. The second kappa shape index (κ2) is 13.9. The quantitative estimate of drug-likeness (QED) is 0.290. The third kappa shape index (κ3) is 8.24. The highest BCUT2D eigenvalue weighted by atomic mass is 16.5. The van der Waals surface area contributed by atoms with Gasteiger partial charge in [-0.3, -0.25) is 9.69 Å². The normalized spacial score (nSPS) is 10.6. The van der Waals surface area contributed by atoms with E-state index in [0.717, 1.165) is 41.7 Å². The lowest BCUT2D eigenvalue weighted by Crippen LogP contribution is -2.38. The predicted molar refractivity (Wildman–Crippen MR) is 144 cm³/mol. The largest absolute Gasteiger partial charge is 0.497 e. The van der Waals surface area contributed by atoms with Crippen LogP contribution in [0.5, 0.6) is 11.5 Å². The van der Waals surface area contributed by atoms with E-state index in [2.05, 4.69) is 12.2 Å². The average molecular weight is 506 g/mol. The zero-order valence-corrected chi connectivity index (χ0v) is 21.7. The number of aromatic nitrogens is 1. The molecule has 0 aliphatic carbocycles. The number of amides is 2. The summed E-state index contributed by atoms with van der Waals surface area (Å²) < 4.78 is 11.3. The van der Waals surface area contributed by atoms with Gasteiger partial charge in [-0.2, -0.15) is 0 Å². The van der Waals surface area contributed by atoms with Gasteiger partial charge >= 0.3 is 12.0 Å². The van der Waals surface area contributed by atoms with Crippen LogP contribution in [-0.2, 0) is 17.8 Å². The van der Waals surface area contributed by atoms with Crippen LogP contribution in [0.15, 0.2) is 60.7 Å². The number of nitrogens with one attached hydrogen (secondary N) is 1. The van der Waals surface area contributed by atoms with Crippen molar-refractivity contribution in [2.24, 2.45) is 0 Å². The van der Waals surface area contributed by atoms with E-state index >= 15 is 0 Å². The number of pyridine rings is 1. The average Bonchev–Trinajstić information content (AvgIpc) is 2.93. The number of urea groups is 1. The molecule has 1 aromatic heterocycles. The Labute approximate surface area is 218 Å². The van der Waals surface area contributed by atoms with E-state index in [1.54, 1.807) is 20.2 Å². The fourth-order valence-corrected chi connectivity index (χ4v) is 3.74. The summed E-state index contributed by atoms with van der Waals surface area (Å²) in [5, 5.41) is 12.1. The Balaban J connectivity index is 1.80. The highest BCUT2D eigenvalue weighted by Crippen LogP contribution is 2.29. The molecule has 0 unspecified atom stereocenters. The van der Waals surface area contributed by atoms with Crippen LogP contribution in [0.2, 0.25) is 0 Å². The molecule has 1 heterocycles. The molecule has 0 radical (unpaired) electrons. The molecule has 0 saturated carbocycles. The molecular weight excluding hydrogens is 470 g/mol. The SMILES string of the molecule is CCCCCNC(=O)N(C)c1cccc(-c2ccc(CCC(=O)O)c(OCc3ccc(OC)cc3)c2)n1. The molecule has 0 aliphatic heterocycles. The van der Waals surface area contributed by atoms with E-state index in [1.165, 1.54) is 4.90 Å². The molecule has 3 rings (SSSR count). The smallest absolute Gasteiger partial charge is 0.322 e. The number of benzene rings is 2. The van der Waals surface area contributed by atoms with E-state index in [9.17, 15) is 9.59 Å². The number of methoxy groups -OCH3 is 1. The Morgan fingerprint density at radius 3 is 2.54 bits per heavy atom. The van der Waals surface area contributed by atoms with E-state index in [1.807, 2.05) is 54.6 Å². The summed E-state index contributed by atoms with van der Waals surface area (Å²) in [6, 6.07) is 18.5. The van der Waals surface area contributed by atoms with Gasteiger partial charge in [0.2, 0.25) is 0 Å². The third-order valence-electron chi connectivity index (χ3n) is 5.96. The number of hydrogen-bond acceptors (Lipinski definition) is 5. The summed E-state index contributed by atoms with van der Waals surface area (Å²) in [7, 11) is 3.31. The van der Waals surface area contributed by atoms with Crippen LogP contribution >= 0.6 is 0 Å². The van der Waals surface area contributed by atoms with Gasteiger partial charge < -0.3 is 19.9 Å². The predicted octanol–water partition coefficient (Wildman–Crippen LogP) is 5.69. The van der Waals surface area contributed by atoms with Crippen LogP contribution < -0.4 is 19.7 Å². The standard InChI is InChI=1S/C29H35N3O5/c1-4-5-6-18-30-29(35)32(2)27-9-7-8-25(31-27)23-13-12-22(14-17-28(33)34)26(19-23)37-20-21-10-15-24(36-3)16-11-21/h7-13,15-16,19H,4-6,14,17-18,20H2,1-3H3,(H,30,35)(H,33,34). The Bertz CT molecular complexity index is 1180. The zero-order chi connectivity index (χ0) is 26.6. The maximum atomic E-state index is 12.5. The van der Waals surface area contributed by atoms with Gasteiger partial charge in [-0.1, -0.05) is 50.1 Å². The third-order valence-corrected chi connectivity index (χ3v) is 5.96. The number of aliphatic carboxylic acids is 1. The second-order valence-electron chi connectivity index (χ2n) is 8.73. The van der Waals surface area contributed by atoms with Crippen molar-refractivity contribution >= 4 is 17.8 Å². The highest BCUT2D eigenvalue weighted by molar-refractivity contribution is 5.90. The number of carbonyl (C=O) groups excluding carboxylic acids is 1. The van der Waals surface area contributed by atoms with E-state index < -0.39 is 5.97 Å². The summed E-state index contributed by atoms with van der Waals surface area (Å²) in [6.07, 6.45) is 3.46. The number of unbranched alkanes of at least 4 members (excludes halogenated alkanes) is 2. The molecule has 8 heteroatoms. The summed E-state index contributed by atoms with van der Waals surface area (Å²) in [6.45, 7) is 3.07. The molecular formula is C29H35N3O5. The maximum absolute atomic E-state index is 12.5. The number of carboxylic acid groups (broad SMARTS) is 1. The molecule has 0 bridgehead atoms. The fraction of sp³-hybridized carbons (Fsp3) is 0.345. The maximum Gasteiger partial charge on any atom is 0.322 e. The molecule has 0 atom stereocenters. The summed E-state index contributed by atoms with van der Waals surface area (Å²) >= 11 is 0. The van der Waals surface area contributed by atoms with E-state index in [4.69, 9.17) is 19.6 Å². The van der Waals surface area contributed by atoms with Gasteiger partial charge in [-0.25, -0.2) is 9.78 Å². The first-order valence-corrected chi connectivity index (χ1v) is 12.5. The number of ether oxygens (including phenoxy) is 2. The van der Waals surface area contributed by atoms with E-state index in [-0.39, 0.29) is 12.5 Å². The minimum absolute atomic E-state index is 0.00411. The van der Waals surface area contributed by atoms with Gasteiger partial charge in [0.1, 0.15) is 23.9 Å². The van der Waals surface area contributed by atoms with Crippen LogP contribution in [0.4, 0.5) is 10.6 Å². The molecule has 2 aromatic carbocycles. The van der Waals surface area contributed by atoms with Crippen molar-refractivity contribution in [3.05, 3.63) is 71.8 Å². The number of aryl methyl sites for hydroxylation is 1. The Morgan fingerprint density at radius 1 is 1.05 bits per heavy atom. The molecule has 0 spiro atoms. The van der Waals surface area contributed by atoms with Crippen molar-refractivity contribution in [3.8, 4) is 22.8 Å². The Hall–Kier alpha value is -4.07. The fourth-order valence-electron chi connectivity index (χ4n) is 3.74. The van der Waals surface area contributed by atoms with Crippen LogP contribution in [0.3, 0.4) is 0 Å². The zero-order valence-electron chi connectivity index (χ0n) is 21.7. The van der Waals surface area contributed by atoms with Crippen LogP contribution in [0, 0.1) is 0 Å². The van der Waals surface area contributed by atoms with E-state index in [0.29, 0.717) is 36.8 Å². The topological polar surface area (TPSA) is 101 Å². The number of nitrogens with zero attached hydrogens (tertiary/aromatic N) is 2. The number of carbonyl (C=O) groups is 2. The first-order chi connectivity index (χ1) is 17.9. The van der Waals surface area contributed by atoms with Crippen LogP contribution in [0.1, 0.15) is 43.7 Å². The number of rotatable bonds is 13. The molecule has 2 amide bonds. The van der Waals surface area contributed by atoms with Gasteiger partial charge in [0.25, 0.3) is 0 Å². The molecule has 196 valence electrons. The van der Waals surface area contributed by atoms with Crippen molar-refractivity contribution in [3.63, 3.8) is 0 Å². The van der Waals surface area contributed by atoms with Crippen molar-refractivity contribution in [1.29, 1.82) is 0 Å². The molecule has 3 aromatic rings. The molecule has 8 nitrogen and oxygen atoms in total. The molecule has 0 aliphatic rings. The summed E-state index contributed by atoms with van der Waals surface area (Å²) in [5.74, 6) is 1.03. The number of hydrogen-bond donors (Lipinski definition) is 2. The molecule has 37 heavy (non-hydrogen) atoms. The minimum atomic E-state index is -0.865. The van der Waals surface area contributed by atoms with Crippen molar-refractivity contribution in [1.82, 2.24) is 10.3 Å². The Kier molecular flexibility index (Phi) is 10.3. The van der Waals surface area contributed by atoms with Crippen molar-refractivity contribution in [2.75, 3.05) is 25.6 Å².